The molecule has 4 aliphatic carbocycles. The van der Waals surface area contributed by atoms with Gasteiger partial charge < -0.3 is 10.2 Å². The summed E-state index contributed by atoms with van der Waals surface area (Å²) in [7, 11) is 0. The van der Waals surface area contributed by atoms with E-state index in [9.17, 15) is 0 Å². The normalized spacial score (nSPS) is 36.4. The SMILES string of the molecule is c1ccc(CC2CCN(CCNCC34CC5CC(CC(C5)C3)C4)CC2)cc1. The molecule has 1 aliphatic heterocycles. The van der Waals surface area contributed by atoms with Gasteiger partial charge >= 0.3 is 0 Å². The Labute approximate surface area is 166 Å². The fraction of sp³-hybridized carbons (Fsp3) is 0.760. The largest absolute Gasteiger partial charge is 0.315 e. The van der Waals surface area contributed by atoms with Gasteiger partial charge in [0.25, 0.3) is 0 Å². The maximum absolute atomic E-state index is 3.90. The number of hydrogen-bond acceptors (Lipinski definition) is 2. The molecule has 0 aromatic heterocycles. The van der Waals surface area contributed by atoms with Crippen molar-refractivity contribution in [2.75, 3.05) is 32.7 Å². The van der Waals surface area contributed by atoms with Gasteiger partial charge in [-0.3, -0.25) is 0 Å². The first kappa shape index (κ1) is 18.2. The predicted octanol–water partition coefficient (Wildman–Crippen LogP) is 4.75. The fourth-order valence-corrected chi connectivity index (χ4v) is 7.46. The van der Waals surface area contributed by atoms with Gasteiger partial charge in [-0.1, -0.05) is 30.3 Å². The summed E-state index contributed by atoms with van der Waals surface area (Å²) in [5.41, 5.74) is 2.21. The zero-order valence-electron chi connectivity index (χ0n) is 17.0. The van der Waals surface area contributed by atoms with Gasteiger partial charge in [-0.15, -0.1) is 0 Å². The minimum absolute atomic E-state index is 0.692. The lowest BCUT2D eigenvalue weighted by atomic mass is 9.49. The third-order valence-corrected chi connectivity index (χ3v) is 8.34. The lowest BCUT2D eigenvalue weighted by Gasteiger charge is -2.57. The van der Waals surface area contributed by atoms with Gasteiger partial charge in [-0.25, -0.2) is 0 Å². The number of likely N-dealkylation sites (tertiary alicyclic amines) is 1. The maximum atomic E-state index is 3.90. The van der Waals surface area contributed by atoms with Crippen LogP contribution >= 0.6 is 0 Å². The van der Waals surface area contributed by atoms with E-state index in [4.69, 9.17) is 0 Å². The molecule has 2 nitrogen and oxygen atoms in total. The monoisotopic (exact) mass is 366 g/mol. The molecule has 0 spiro atoms. The van der Waals surface area contributed by atoms with Gasteiger partial charge in [0, 0.05) is 19.6 Å². The van der Waals surface area contributed by atoms with Crippen molar-refractivity contribution in [1.82, 2.24) is 10.2 Å². The predicted molar refractivity (Wildman–Crippen MR) is 113 cm³/mol. The number of nitrogens with one attached hydrogen (secondary N) is 1. The zero-order valence-corrected chi connectivity index (χ0v) is 17.0. The number of rotatable bonds is 7. The molecule has 4 bridgehead atoms. The molecule has 1 heterocycles. The number of hydrogen-bond donors (Lipinski definition) is 1. The van der Waals surface area contributed by atoms with Crippen LogP contribution in [0, 0.1) is 29.1 Å². The summed E-state index contributed by atoms with van der Waals surface area (Å²) < 4.78 is 0. The van der Waals surface area contributed by atoms with Crippen molar-refractivity contribution in [2.24, 2.45) is 29.1 Å². The molecule has 1 aromatic rings. The molecule has 5 fully saturated rings. The highest BCUT2D eigenvalue weighted by Gasteiger charge is 2.50. The molecule has 1 saturated heterocycles. The van der Waals surface area contributed by atoms with Crippen molar-refractivity contribution in [1.29, 1.82) is 0 Å². The summed E-state index contributed by atoms with van der Waals surface area (Å²) in [6, 6.07) is 11.1. The number of piperidine rings is 1. The van der Waals surface area contributed by atoms with Crippen molar-refractivity contribution < 1.29 is 0 Å². The Morgan fingerprint density at radius 2 is 1.52 bits per heavy atom. The van der Waals surface area contributed by atoms with Crippen molar-refractivity contribution in [3.05, 3.63) is 35.9 Å². The standard InChI is InChI=1S/C25H38N2/c1-2-4-20(5-3-1)12-21-6-9-27(10-7-21)11-8-26-19-25-16-22-13-23(17-25)15-24(14-22)18-25/h1-5,21-24,26H,6-19H2. The molecule has 4 saturated carbocycles. The van der Waals surface area contributed by atoms with Gasteiger partial charge in [-0.05, 0) is 106 Å². The van der Waals surface area contributed by atoms with Crippen molar-refractivity contribution in [2.45, 2.75) is 57.8 Å². The van der Waals surface area contributed by atoms with Crippen LogP contribution < -0.4 is 5.32 Å². The van der Waals surface area contributed by atoms with Crippen LogP contribution in [0.5, 0.6) is 0 Å². The highest BCUT2D eigenvalue weighted by atomic mass is 15.1. The summed E-state index contributed by atoms with van der Waals surface area (Å²) in [5.74, 6) is 4.15. The highest BCUT2D eigenvalue weighted by Crippen LogP contribution is 2.59. The summed E-state index contributed by atoms with van der Waals surface area (Å²) in [6.45, 7) is 6.36. The second-order valence-corrected chi connectivity index (χ2v) is 10.6. The highest BCUT2D eigenvalue weighted by molar-refractivity contribution is 5.15. The molecule has 148 valence electrons. The fourth-order valence-electron chi connectivity index (χ4n) is 7.46. The van der Waals surface area contributed by atoms with Crippen LogP contribution in [0.2, 0.25) is 0 Å². The van der Waals surface area contributed by atoms with Crippen LogP contribution in [0.15, 0.2) is 30.3 Å². The van der Waals surface area contributed by atoms with Crippen molar-refractivity contribution >= 4 is 0 Å². The van der Waals surface area contributed by atoms with Gasteiger partial charge in [-0.2, -0.15) is 0 Å². The Bertz CT molecular complexity index is 567. The van der Waals surface area contributed by atoms with E-state index in [1.165, 1.54) is 76.8 Å². The molecular weight excluding hydrogens is 328 g/mol. The third kappa shape index (κ3) is 4.27. The molecule has 0 atom stereocenters. The molecule has 5 aliphatic rings. The number of benzene rings is 1. The Balaban J connectivity index is 1.01. The van der Waals surface area contributed by atoms with Gasteiger partial charge in [0.15, 0.2) is 0 Å². The van der Waals surface area contributed by atoms with E-state index in [2.05, 4.69) is 40.5 Å². The Kier molecular flexibility index (Phi) is 5.30. The Morgan fingerprint density at radius 1 is 0.889 bits per heavy atom. The van der Waals surface area contributed by atoms with Crippen LogP contribution in [0.3, 0.4) is 0 Å². The van der Waals surface area contributed by atoms with Gasteiger partial charge in [0.1, 0.15) is 0 Å². The van der Waals surface area contributed by atoms with Crippen LogP contribution in [0.4, 0.5) is 0 Å². The summed E-state index contributed by atoms with van der Waals surface area (Å²) in [6.07, 6.45) is 13.4. The lowest BCUT2D eigenvalue weighted by Crippen LogP contribution is -2.51. The van der Waals surface area contributed by atoms with Crippen molar-refractivity contribution in [3.63, 3.8) is 0 Å². The number of nitrogens with zero attached hydrogens (tertiary/aromatic N) is 1. The summed E-state index contributed by atoms with van der Waals surface area (Å²) in [5, 5.41) is 3.90. The molecular formula is C25H38N2. The molecule has 0 amide bonds. The summed E-state index contributed by atoms with van der Waals surface area (Å²) in [4.78, 5) is 2.70. The van der Waals surface area contributed by atoms with Crippen LogP contribution in [0.25, 0.3) is 0 Å². The van der Waals surface area contributed by atoms with Gasteiger partial charge in [0.05, 0.1) is 0 Å². The first-order chi connectivity index (χ1) is 13.3. The first-order valence-electron chi connectivity index (χ1n) is 11.7. The van der Waals surface area contributed by atoms with Crippen LogP contribution in [0.1, 0.15) is 56.9 Å². The van der Waals surface area contributed by atoms with Gasteiger partial charge in [0.2, 0.25) is 0 Å². The topological polar surface area (TPSA) is 15.3 Å². The summed E-state index contributed by atoms with van der Waals surface area (Å²) >= 11 is 0. The molecule has 0 radical (unpaired) electrons. The minimum Gasteiger partial charge on any atom is -0.315 e. The quantitative estimate of drug-likeness (QED) is 0.701. The van der Waals surface area contributed by atoms with Crippen LogP contribution in [-0.2, 0) is 6.42 Å². The minimum atomic E-state index is 0.692. The Morgan fingerprint density at radius 3 is 2.15 bits per heavy atom. The van der Waals surface area contributed by atoms with E-state index >= 15 is 0 Å². The van der Waals surface area contributed by atoms with E-state index in [1.807, 2.05) is 0 Å². The Hall–Kier alpha value is -0.860. The van der Waals surface area contributed by atoms with Crippen molar-refractivity contribution in [3.8, 4) is 0 Å². The average molecular weight is 367 g/mol. The molecule has 2 heteroatoms. The molecule has 1 aromatic carbocycles. The molecule has 6 rings (SSSR count). The molecule has 0 unspecified atom stereocenters. The van der Waals surface area contributed by atoms with Crippen LogP contribution in [-0.4, -0.2) is 37.6 Å². The molecule has 1 N–H and O–H groups in total. The average Bonchev–Trinajstić information content (AvgIpc) is 2.66. The van der Waals surface area contributed by atoms with E-state index in [1.54, 1.807) is 19.3 Å². The first-order valence-corrected chi connectivity index (χ1v) is 11.7. The van der Waals surface area contributed by atoms with E-state index < -0.39 is 0 Å². The smallest absolute Gasteiger partial charge is 0.0107 e. The lowest BCUT2D eigenvalue weighted by molar-refractivity contribution is -0.0513. The van der Waals surface area contributed by atoms with E-state index in [-0.39, 0.29) is 0 Å². The second kappa shape index (κ2) is 7.87. The molecule has 27 heavy (non-hydrogen) atoms. The third-order valence-electron chi connectivity index (χ3n) is 8.34. The second-order valence-electron chi connectivity index (χ2n) is 10.6. The zero-order chi connectivity index (χ0) is 18.1. The maximum Gasteiger partial charge on any atom is 0.0107 e. The van der Waals surface area contributed by atoms with E-state index in [0.717, 1.165) is 23.7 Å². The van der Waals surface area contributed by atoms with E-state index in [0.29, 0.717) is 5.41 Å².